The predicted molar refractivity (Wildman–Crippen MR) is 120 cm³/mol. The molecule has 0 bridgehead atoms. The van der Waals surface area contributed by atoms with Crippen LogP contribution in [0.15, 0.2) is 24.4 Å². The number of ether oxygens (including phenoxy) is 1. The van der Waals surface area contributed by atoms with Crippen molar-refractivity contribution in [2.45, 2.75) is 57.0 Å². The number of carboxylic acid groups (broad SMARTS) is 1. The Hall–Kier alpha value is -3.36. The lowest BCUT2D eigenvalue weighted by Crippen LogP contribution is -2.57. The molecule has 0 saturated heterocycles. The number of carbonyl (C=O) groups is 4. The van der Waals surface area contributed by atoms with Gasteiger partial charge in [-0.1, -0.05) is 19.3 Å². The fourth-order valence-electron chi connectivity index (χ4n) is 4.68. The number of aliphatic carboxylic acids is 1. The second-order valence-corrected chi connectivity index (χ2v) is 8.90. The zero-order chi connectivity index (χ0) is 23.5. The highest BCUT2D eigenvalue weighted by Crippen LogP contribution is 2.31. The largest absolute Gasteiger partial charge is 0.497 e. The van der Waals surface area contributed by atoms with Gasteiger partial charge < -0.3 is 25.0 Å². The SMILES string of the molecule is COc1ccc2c(C(=O)C(=O)N(CC(=O)O)[C@@H](C(=O)NC3CC3)C3CCCCC3)c[nH]c2c1. The zero-order valence-electron chi connectivity index (χ0n) is 18.6. The average Bonchev–Trinajstić information content (AvgIpc) is 3.53. The molecule has 4 rings (SSSR count). The molecule has 0 radical (unpaired) electrons. The number of carboxylic acids is 1. The van der Waals surface area contributed by atoms with Gasteiger partial charge in [0.1, 0.15) is 18.3 Å². The maximum absolute atomic E-state index is 13.4. The molecule has 2 fully saturated rings. The summed E-state index contributed by atoms with van der Waals surface area (Å²) < 4.78 is 5.19. The van der Waals surface area contributed by atoms with Crippen LogP contribution < -0.4 is 10.1 Å². The Morgan fingerprint density at radius 1 is 1.15 bits per heavy atom. The Kier molecular flexibility index (Phi) is 6.67. The smallest absolute Gasteiger partial charge is 0.323 e. The molecule has 0 unspecified atom stereocenters. The van der Waals surface area contributed by atoms with E-state index < -0.39 is 30.2 Å². The maximum Gasteiger partial charge on any atom is 0.323 e. The van der Waals surface area contributed by atoms with Crippen molar-refractivity contribution in [1.82, 2.24) is 15.2 Å². The third-order valence-corrected chi connectivity index (χ3v) is 6.52. The number of amides is 2. The summed E-state index contributed by atoms with van der Waals surface area (Å²) in [7, 11) is 1.53. The Labute approximate surface area is 191 Å². The maximum atomic E-state index is 13.4. The quantitative estimate of drug-likeness (QED) is 0.394. The van der Waals surface area contributed by atoms with Gasteiger partial charge in [0, 0.05) is 29.2 Å². The van der Waals surface area contributed by atoms with Gasteiger partial charge in [0.05, 0.1) is 12.7 Å². The molecular weight excluding hydrogens is 426 g/mol. The predicted octanol–water partition coefficient (Wildman–Crippen LogP) is 2.50. The fraction of sp³-hybridized carbons (Fsp3) is 0.500. The molecule has 3 N–H and O–H groups in total. The molecule has 9 heteroatoms. The Balaban J connectivity index is 1.66. The van der Waals surface area contributed by atoms with Crippen molar-refractivity contribution in [2.75, 3.05) is 13.7 Å². The van der Waals surface area contributed by atoms with Crippen LogP contribution in [0.1, 0.15) is 55.3 Å². The topological polar surface area (TPSA) is 129 Å². The van der Waals surface area contributed by atoms with Crippen LogP contribution in [0.25, 0.3) is 10.9 Å². The first kappa shape index (κ1) is 22.8. The van der Waals surface area contributed by atoms with Crippen LogP contribution in [0.2, 0.25) is 0 Å². The lowest BCUT2D eigenvalue weighted by Gasteiger charge is -2.36. The van der Waals surface area contributed by atoms with Gasteiger partial charge in [0.25, 0.3) is 11.7 Å². The highest BCUT2D eigenvalue weighted by atomic mass is 16.5. The Morgan fingerprint density at radius 3 is 2.52 bits per heavy atom. The second-order valence-electron chi connectivity index (χ2n) is 8.90. The number of aromatic nitrogens is 1. The van der Waals surface area contributed by atoms with Gasteiger partial charge in [0.2, 0.25) is 5.91 Å². The molecule has 33 heavy (non-hydrogen) atoms. The summed E-state index contributed by atoms with van der Waals surface area (Å²) in [5.41, 5.74) is 0.753. The molecule has 2 saturated carbocycles. The van der Waals surface area contributed by atoms with Crippen LogP contribution in [0.5, 0.6) is 5.75 Å². The molecule has 0 spiro atoms. The van der Waals surface area contributed by atoms with Gasteiger partial charge in [-0.3, -0.25) is 19.2 Å². The van der Waals surface area contributed by atoms with Gasteiger partial charge in [-0.2, -0.15) is 0 Å². The van der Waals surface area contributed by atoms with E-state index in [2.05, 4.69) is 10.3 Å². The highest BCUT2D eigenvalue weighted by Gasteiger charge is 2.42. The minimum Gasteiger partial charge on any atom is -0.497 e. The van der Waals surface area contributed by atoms with E-state index in [1.165, 1.54) is 13.3 Å². The average molecular weight is 456 g/mol. The van der Waals surface area contributed by atoms with E-state index in [1.54, 1.807) is 18.2 Å². The van der Waals surface area contributed by atoms with E-state index in [-0.39, 0.29) is 23.4 Å². The fourth-order valence-corrected chi connectivity index (χ4v) is 4.68. The molecule has 2 aliphatic rings. The van der Waals surface area contributed by atoms with Crippen molar-refractivity contribution in [3.05, 3.63) is 30.0 Å². The van der Waals surface area contributed by atoms with Crippen molar-refractivity contribution in [3.63, 3.8) is 0 Å². The number of hydrogen-bond donors (Lipinski definition) is 3. The summed E-state index contributed by atoms with van der Waals surface area (Å²) in [6.07, 6.45) is 7.46. The van der Waals surface area contributed by atoms with Crippen molar-refractivity contribution in [3.8, 4) is 5.75 Å². The van der Waals surface area contributed by atoms with Gasteiger partial charge in [-0.15, -0.1) is 0 Å². The van der Waals surface area contributed by atoms with Gasteiger partial charge >= 0.3 is 5.97 Å². The normalized spacial score (nSPS) is 17.4. The van der Waals surface area contributed by atoms with E-state index in [1.807, 2.05) is 0 Å². The molecule has 1 atom stereocenters. The molecule has 176 valence electrons. The van der Waals surface area contributed by atoms with Crippen LogP contribution in [-0.2, 0) is 14.4 Å². The molecular formula is C24H29N3O6. The lowest BCUT2D eigenvalue weighted by molar-refractivity contribution is -0.148. The zero-order valence-corrected chi connectivity index (χ0v) is 18.6. The number of methoxy groups -OCH3 is 1. The molecule has 2 aromatic rings. The minimum absolute atomic E-state index is 0.0599. The van der Waals surface area contributed by atoms with Gasteiger partial charge in [0.15, 0.2) is 0 Å². The second kappa shape index (κ2) is 9.64. The number of benzene rings is 1. The van der Waals surface area contributed by atoms with Gasteiger partial charge in [-0.25, -0.2) is 0 Å². The van der Waals surface area contributed by atoms with Crippen LogP contribution in [0, 0.1) is 5.92 Å². The van der Waals surface area contributed by atoms with Crippen LogP contribution in [0.4, 0.5) is 0 Å². The molecule has 1 heterocycles. The van der Waals surface area contributed by atoms with E-state index in [9.17, 15) is 24.3 Å². The first-order valence-electron chi connectivity index (χ1n) is 11.4. The number of fused-ring (bicyclic) bond motifs is 1. The number of ketones is 1. The standard InChI is InChI=1S/C24H29N3O6/c1-33-16-9-10-17-18(12-25-19(17)11-16)22(30)24(32)27(13-20(28)29)21(14-5-3-2-4-6-14)23(31)26-15-7-8-15/h9-12,14-15,21,25H,2-8,13H2,1H3,(H,26,31)(H,28,29)/t21-/m1/s1. The molecule has 1 aromatic heterocycles. The number of nitrogens with zero attached hydrogens (tertiary/aromatic N) is 1. The lowest BCUT2D eigenvalue weighted by atomic mass is 9.82. The summed E-state index contributed by atoms with van der Waals surface area (Å²) in [6, 6.07) is 4.14. The van der Waals surface area contributed by atoms with Crippen molar-refractivity contribution in [1.29, 1.82) is 0 Å². The van der Waals surface area contributed by atoms with E-state index in [4.69, 9.17) is 4.74 Å². The third-order valence-electron chi connectivity index (χ3n) is 6.52. The molecule has 2 amide bonds. The first-order chi connectivity index (χ1) is 15.9. The number of carbonyl (C=O) groups excluding carboxylic acids is 3. The number of Topliss-reactive ketones (excluding diaryl/α,β-unsaturated/α-hetero) is 1. The number of hydrogen-bond acceptors (Lipinski definition) is 5. The van der Waals surface area contributed by atoms with Crippen LogP contribution >= 0.6 is 0 Å². The minimum atomic E-state index is -1.26. The summed E-state index contributed by atoms with van der Waals surface area (Å²) in [4.78, 5) is 55.5. The number of rotatable bonds is 9. The number of aromatic amines is 1. The molecule has 2 aliphatic carbocycles. The Morgan fingerprint density at radius 2 is 1.88 bits per heavy atom. The van der Waals surface area contributed by atoms with Crippen molar-refractivity contribution >= 4 is 34.5 Å². The number of nitrogens with one attached hydrogen (secondary N) is 2. The van der Waals surface area contributed by atoms with Crippen LogP contribution in [0.3, 0.4) is 0 Å². The van der Waals surface area contributed by atoms with Crippen molar-refractivity contribution < 1.29 is 29.0 Å². The molecule has 9 nitrogen and oxygen atoms in total. The summed E-state index contributed by atoms with van der Waals surface area (Å²) in [5.74, 6) is -3.03. The van der Waals surface area contributed by atoms with E-state index >= 15 is 0 Å². The van der Waals surface area contributed by atoms with Crippen LogP contribution in [-0.4, -0.2) is 64.3 Å². The monoisotopic (exact) mass is 455 g/mol. The van der Waals surface area contributed by atoms with Gasteiger partial charge in [-0.05, 0) is 43.7 Å². The van der Waals surface area contributed by atoms with E-state index in [0.717, 1.165) is 37.0 Å². The van der Waals surface area contributed by atoms with Crippen molar-refractivity contribution in [2.24, 2.45) is 5.92 Å². The summed E-state index contributed by atoms with van der Waals surface area (Å²) in [5, 5.41) is 13.0. The highest BCUT2D eigenvalue weighted by molar-refractivity contribution is 6.45. The number of H-pyrrole nitrogens is 1. The molecule has 1 aromatic carbocycles. The Bertz CT molecular complexity index is 1070. The third kappa shape index (κ3) is 5.02. The van der Waals surface area contributed by atoms with E-state index in [0.29, 0.717) is 29.5 Å². The summed E-state index contributed by atoms with van der Waals surface area (Å²) in [6.45, 7) is -0.708. The summed E-state index contributed by atoms with van der Waals surface area (Å²) >= 11 is 0. The first-order valence-corrected chi connectivity index (χ1v) is 11.4. The molecule has 0 aliphatic heterocycles.